The van der Waals surface area contributed by atoms with Crippen LogP contribution in [0, 0.1) is 0 Å². The Labute approximate surface area is 130 Å². The number of carbonyl (C=O) groups is 1. The Hall–Kier alpha value is -1.78. The molecule has 0 bridgehead atoms. The summed E-state index contributed by atoms with van der Waals surface area (Å²) in [5.41, 5.74) is 1.89. The largest absolute Gasteiger partial charge is 0.345 e. The van der Waals surface area contributed by atoms with Gasteiger partial charge >= 0.3 is 0 Å². The lowest BCUT2D eigenvalue weighted by Gasteiger charge is -2.06. The summed E-state index contributed by atoms with van der Waals surface area (Å²) < 4.78 is 1.88. The molecule has 112 valence electrons. The minimum Gasteiger partial charge on any atom is -0.345 e. The van der Waals surface area contributed by atoms with Crippen LogP contribution in [0.1, 0.15) is 18.9 Å². The molecule has 1 aromatic heterocycles. The maximum Gasteiger partial charge on any atom is 0.244 e. The first-order chi connectivity index (χ1) is 10.2. The molecule has 0 fully saturated rings. The highest BCUT2D eigenvalue weighted by atomic mass is 35.5. The number of carbonyl (C=O) groups excluding carboxylic acids is 1. The quantitative estimate of drug-likeness (QED) is 0.771. The summed E-state index contributed by atoms with van der Waals surface area (Å²) in [4.78, 5) is 12.0. The number of aromatic nitrogens is 1. The third-order valence-electron chi connectivity index (χ3n) is 3.00. The van der Waals surface area contributed by atoms with E-state index < -0.39 is 0 Å². The molecule has 1 heterocycles. The van der Waals surface area contributed by atoms with Crippen molar-refractivity contribution < 1.29 is 4.79 Å². The van der Waals surface area contributed by atoms with E-state index in [1.54, 1.807) is 12.1 Å². The van der Waals surface area contributed by atoms with Crippen molar-refractivity contribution in [3.63, 3.8) is 0 Å². The van der Waals surface area contributed by atoms with E-state index in [-0.39, 0.29) is 5.91 Å². The number of nitrogens with zero attached hydrogens (tertiary/aromatic N) is 1. The van der Waals surface area contributed by atoms with Crippen LogP contribution in [0.4, 0.5) is 5.69 Å². The van der Waals surface area contributed by atoms with Crippen LogP contribution in [0.2, 0.25) is 5.02 Å². The van der Waals surface area contributed by atoms with Crippen molar-refractivity contribution in [3.8, 4) is 0 Å². The van der Waals surface area contributed by atoms with Gasteiger partial charge in [0.15, 0.2) is 0 Å². The molecule has 0 unspecified atom stereocenters. The monoisotopic (exact) mass is 305 g/mol. The van der Waals surface area contributed by atoms with Crippen molar-refractivity contribution in [2.24, 2.45) is 0 Å². The number of hydrogen-bond acceptors (Lipinski definition) is 2. The number of amides is 1. The third-order valence-corrected chi connectivity index (χ3v) is 3.24. The Kier molecular flexibility index (Phi) is 5.84. The fraction of sp³-hybridized carbons (Fsp3) is 0.312. The Morgan fingerprint density at radius 1 is 1.33 bits per heavy atom. The lowest BCUT2D eigenvalue weighted by Crippen LogP contribution is -2.18. The van der Waals surface area contributed by atoms with Crippen LogP contribution in [0.15, 0.2) is 42.7 Å². The summed E-state index contributed by atoms with van der Waals surface area (Å²) in [6.45, 7) is 4.26. The average molecular weight is 306 g/mol. The van der Waals surface area contributed by atoms with Gasteiger partial charge in [0.1, 0.15) is 6.54 Å². The predicted octanol–water partition coefficient (Wildman–Crippen LogP) is 3.28. The first-order valence-corrected chi connectivity index (χ1v) is 7.46. The molecule has 0 aliphatic rings. The van der Waals surface area contributed by atoms with Crippen molar-refractivity contribution in [1.29, 1.82) is 0 Å². The molecule has 5 heteroatoms. The molecule has 0 atom stereocenters. The van der Waals surface area contributed by atoms with Crippen molar-refractivity contribution in [3.05, 3.63) is 53.3 Å². The van der Waals surface area contributed by atoms with Gasteiger partial charge in [-0.2, -0.15) is 0 Å². The maximum atomic E-state index is 12.0. The molecule has 21 heavy (non-hydrogen) atoms. The van der Waals surface area contributed by atoms with E-state index >= 15 is 0 Å². The van der Waals surface area contributed by atoms with Crippen molar-refractivity contribution in [2.45, 2.75) is 26.4 Å². The lowest BCUT2D eigenvalue weighted by atomic mass is 10.3. The Morgan fingerprint density at radius 2 is 2.19 bits per heavy atom. The summed E-state index contributed by atoms with van der Waals surface area (Å²) in [5.74, 6) is -0.0686. The number of rotatable bonds is 7. The molecular formula is C16H20ClN3O. The molecule has 0 aliphatic carbocycles. The Balaban J connectivity index is 1.85. The highest BCUT2D eigenvalue weighted by Crippen LogP contribution is 2.14. The van der Waals surface area contributed by atoms with Crippen LogP contribution in [0.25, 0.3) is 0 Å². The fourth-order valence-electron chi connectivity index (χ4n) is 2.04. The van der Waals surface area contributed by atoms with Gasteiger partial charge in [-0.3, -0.25) is 4.79 Å². The number of hydrogen-bond donors (Lipinski definition) is 2. The van der Waals surface area contributed by atoms with E-state index in [1.807, 2.05) is 35.2 Å². The highest BCUT2D eigenvalue weighted by Gasteiger charge is 2.04. The zero-order valence-corrected chi connectivity index (χ0v) is 12.9. The molecular weight excluding hydrogens is 286 g/mol. The van der Waals surface area contributed by atoms with Gasteiger partial charge in [0.2, 0.25) is 5.91 Å². The molecule has 2 rings (SSSR count). The van der Waals surface area contributed by atoms with Gasteiger partial charge in [0.05, 0.1) is 0 Å². The summed E-state index contributed by atoms with van der Waals surface area (Å²) >= 11 is 5.89. The topological polar surface area (TPSA) is 46.1 Å². The maximum absolute atomic E-state index is 12.0. The van der Waals surface area contributed by atoms with E-state index in [0.29, 0.717) is 17.3 Å². The average Bonchev–Trinajstić information content (AvgIpc) is 2.86. The summed E-state index contributed by atoms with van der Waals surface area (Å²) in [6, 6.07) is 9.16. The third kappa shape index (κ3) is 5.25. The number of benzene rings is 1. The van der Waals surface area contributed by atoms with E-state index in [9.17, 15) is 4.79 Å². The lowest BCUT2D eigenvalue weighted by molar-refractivity contribution is -0.116. The molecule has 0 radical (unpaired) electrons. The van der Waals surface area contributed by atoms with E-state index in [0.717, 1.165) is 19.5 Å². The first kappa shape index (κ1) is 15.6. The van der Waals surface area contributed by atoms with Crippen LogP contribution in [0.5, 0.6) is 0 Å². The van der Waals surface area contributed by atoms with Gasteiger partial charge in [-0.1, -0.05) is 24.6 Å². The standard InChI is InChI=1S/C16H20ClN3O/c1-2-7-18-10-13-6-8-20(11-13)12-16(21)19-15-5-3-4-14(17)9-15/h3-6,8-9,11,18H,2,7,10,12H2,1H3,(H,19,21). The van der Waals surface area contributed by atoms with Crippen LogP contribution in [-0.2, 0) is 17.9 Å². The van der Waals surface area contributed by atoms with Gasteiger partial charge in [-0.15, -0.1) is 0 Å². The number of anilines is 1. The zero-order chi connectivity index (χ0) is 15.1. The second-order valence-electron chi connectivity index (χ2n) is 4.93. The Morgan fingerprint density at radius 3 is 2.95 bits per heavy atom. The SMILES string of the molecule is CCCNCc1ccn(CC(=O)Nc2cccc(Cl)c2)c1. The van der Waals surface area contributed by atoms with E-state index in [2.05, 4.69) is 17.6 Å². The normalized spacial score (nSPS) is 10.6. The van der Waals surface area contributed by atoms with Crippen LogP contribution in [-0.4, -0.2) is 17.0 Å². The molecule has 1 amide bonds. The molecule has 0 aliphatic heterocycles. The fourth-order valence-corrected chi connectivity index (χ4v) is 2.23. The van der Waals surface area contributed by atoms with Gasteiger partial charge in [0, 0.05) is 29.6 Å². The van der Waals surface area contributed by atoms with Crippen LogP contribution < -0.4 is 10.6 Å². The predicted molar refractivity (Wildman–Crippen MR) is 86.5 cm³/mol. The van der Waals surface area contributed by atoms with Crippen molar-refractivity contribution in [2.75, 3.05) is 11.9 Å². The first-order valence-electron chi connectivity index (χ1n) is 7.08. The molecule has 0 spiro atoms. The second-order valence-corrected chi connectivity index (χ2v) is 5.36. The summed E-state index contributed by atoms with van der Waals surface area (Å²) in [6.07, 6.45) is 5.02. The smallest absolute Gasteiger partial charge is 0.244 e. The molecule has 4 nitrogen and oxygen atoms in total. The minimum absolute atomic E-state index is 0.0686. The molecule has 1 aromatic carbocycles. The minimum atomic E-state index is -0.0686. The van der Waals surface area contributed by atoms with Crippen LogP contribution in [0.3, 0.4) is 0 Å². The second kappa shape index (κ2) is 7.86. The molecule has 2 aromatic rings. The van der Waals surface area contributed by atoms with Gasteiger partial charge < -0.3 is 15.2 Å². The summed E-state index contributed by atoms with van der Waals surface area (Å²) in [5, 5.41) is 6.78. The molecule has 0 saturated carbocycles. The molecule has 0 saturated heterocycles. The zero-order valence-electron chi connectivity index (χ0n) is 12.1. The summed E-state index contributed by atoms with van der Waals surface area (Å²) in [7, 11) is 0. The van der Waals surface area contributed by atoms with Crippen molar-refractivity contribution >= 4 is 23.2 Å². The van der Waals surface area contributed by atoms with Crippen molar-refractivity contribution in [1.82, 2.24) is 9.88 Å². The van der Waals surface area contributed by atoms with Gasteiger partial charge in [-0.05, 0) is 42.8 Å². The molecule has 2 N–H and O–H groups in total. The number of halogens is 1. The van der Waals surface area contributed by atoms with Crippen LogP contribution >= 0.6 is 11.6 Å². The van der Waals surface area contributed by atoms with E-state index in [1.165, 1.54) is 5.56 Å². The van der Waals surface area contributed by atoms with Gasteiger partial charge in [0.25, 0.3) is 0 Å². The van der Waals surface area contributed by atoms with E-state index in [4.69, 9.17) is 11.6 Å². The highest BCUT2D eigenvalue weighted by molar-refractivity contribution is 6.30. The number of nitrogens with one attached hydrogen (secondary N) is 2. The Bertz CT molecular complexity index is 595. The van der Waals surface area contributed by atoms with Gasteiger partial charge in [-0.25, -0.2) is 0 Å².